The van der Waals surface area contributed by atoms with E-state index in [0.717, 1.165) is 6.26 Å². The molecule has 0 aliphatic carbocycles. The van der Waals surface area contributed by atoms with Crippen molar-refractivity contribution in [3.63, 3.8) is 0 Å². The number of sulfone groups is 1. The second-order valence-corrected chi connectivity index (χ2v) is 8.79. The Bertz CT molecular complexity index is 873. The van der Waals surface area contributed by atoms with Gasteiger partial charge < -0.3 is 10.6 Å². The molecule has 0 aliphatic rings. The molecule has 24 heavy (non-hydrogen) atoms. The number of aromatic nitrogens is 2. The molecule has 2 N–H and O–H groups in total. The number of amides is 1. The molecule has 1 aromatic carbocycles. The summed E-state index contributed by atoms with van der Waals surface area (Å²) in [5.41, 5.74) is 0.257. The van der Waals surface area contributed by atoms with E-state index in [2.05, 4.69) is 20.6 Å². The first-order valence-corrected chi connectivity index (χ1v) is 9.40. The van der Waals surface area contributed by atoms with Crippen LogP contribution in [0.2, 0.25) is 0 Å². The van der Waals surface area contributed by atoms with Gasteiger partial charge in [0.1, 0.15) is 18.2 Å². The number of hydrogen-bond acceptors (Lipinski definition) is 6. The van der Waals surface area contributed by atoms with Gasteiger partial charge in [-0.3, -0.25) is 4.79 Å². The molecule has 1 amide bonds. The average Bonchev–Trinajstić information content (AvgIpc) is 2.44. The van der Waals surface area contributed by atoms with Crippen LogP contribution >= 0.6 is 0 Å². The van der Waals surface area contributed by atoms with Crippen LogP contribution in [0, 0.1) is 0 Å². The number of benzene rings is 1. The molecule has 1 unspecified atom stereocenters. The molecule has 0 spiro atoms. The lowest BCUT2D eigenvalue weighted by Gasteiger charge is -2.24. The lowest BCUT2D eigenvalue weighted by molar-refractivity contribution is -0.122. The van der Waals surface area contributed by atoms with E-state index in [-0.39, 0.29) is 16.3 Å². The van der Waals surface area contributed by atoms with Crippen LogP contribution in [-0.2, 0) is 14.6 Å². The molecular formula is C16H22N4O3S. The monoisotopic (exact) mass is 350 g/mol. The number of carbonyl (C=O) groups excluding carboxylic acids is 1. The summed E-state index contributed by atoms with van der Waals surface area (Å²) in [5, 5.41) is 6.46. The van der Waals surface area contributed by atoms with Gasteiger partial charge in [-0.05, 0) is 45.9 Å². The third-order valence-electron chi connectivity index (χ3n) is 3.28. The van der Waals surface area contributed by atoms with Gasteiger partial charge in [-0.2, -0.15) is 0 Å². The highest BCUT2D eigenvalue weighted by Crippen LogP contribution is 2.23. The van der Waals surface area contributed by atoms with E-state index in [4.69, 9.17) is 0 Å². The van der Waals surface area contributed by atoms with E-state index >= 15 is 0 Å². The van der Waals surface area contributed by atoms with Crippen molar-refractivity contribution in [2.45, 2.75) is 44.2 Å². The van der Waals surface area contributed by atoms with Crippen molar-refractivity contribution in [2.75, 3.05) is 11.6 Å². The molecule has 1 aromatic heterocycles. The van der Waals surface area contributed by atoms with Crippen molar-refractivity contribution in [1.82, 2.24) is 15.3 Å². The average molecular weight is 350 g/mol. The minimum atomic E-state index is -3.34. The van der Waals surface area contributed by atoms with Crippen LogP contribution in [0.1, 0.15) is 27.7 Å². The molecule has 1 heterocycles. The van der Waals surface area contributed by atoms with Gasteiger partial charge in [0.25, 0.3) is 0 Å². The van der Waals surface area contributed by atoms with Crippen LogP contribution in [0.3, 0.4) is 0 Å². The Labute approximate surface area is 141 Å². The smallest absolute Gasteiger partial charge is 0.242 e. The Morgan fingerprint density at radius 2 is 1.88 bits per heavy atom. The molecule has 130 valence electrons. The molecule has 0 aliphatic heterocycles. The molecule has 2 aromatic rings. The van der Waals surface area contributed by atoms with Gasteiger partial charge in [-0.1, -0.05) is 0 Å². The van der Waals surface area contributed by atoms with Crippen molar-refractivity contribution in [1.29, 1.82) is 0 Å². The molecule has 2 rings (SSSR count). The van der Waals surface area contributed by atoms with E-state index in [9.17, 15) is 13.2 Å². The van der Waals surface area contributed by atoms with Crippen LogP contribution in [0.25, 0.3) is 10.9 Å². The maximum Gasteiger partial charge on any atom is 0.242 e. The van der Waals surface area contributed by atoms with E-state index in [1.807, 2.05) is 20.8 Å². The number of anilines is 1. The Kier molecular flexibility index (Phi) is 4.80. The topological polar surface area (TPSA) is 101 Å². The minimum Gasteiger partial charge on any atom is -0.358 e. The van der Waals surface area contributed by atoms with Gasteiger partial charge in [0.05, 0.1) is 10.4 Å². The van der Waals surface area contributed by atoms with E-state index < -0.39 is 15.9 Å². The summed E-state index contributed by atoms with van der Waals surface area (Å²) in [6, 6.07) is 4.11. The highest BCUT2D eigenvalue weighted by atomic mass is 32.2. The molecule has 0 bridgehead atoms. The Morgan fingerprint density at radius 1 is 1.21 bits per heavy atom. The summed E-state index contributed by atoms with van der Waals surface area (Å²) in [6.07, 6.45) is 2.52. The number of nitrogens with zero attached hydrogens (tertiary/aromatic N) is 2. The van der Waals surface area contributed by atoms with Crippen molar-refractivity contribution in [3.05, 3.63) is 24.5 Å². The van der Waals surface area contributed by atoms with Crippen molar-refractivity contribution in [2.24, 2.45) is 0 Å². The zero-order valence-corrected chi connectivity index (χ0v) is 15.2. The zero-order valence-electron chi connectivity index (χ0n) is 14.4. The molecular weight excluding hydrogens is 328 g/mol. The summed E-state index contributed by atoms with van der Waals surface area (Å²) < 4.78 is 23.5. The fraction of sp³-hybridized carbons (Fsp3) is 0.438. The number of carbonyl (C=O) groups is 1. The van der Waals surface area contributed by atoms with Gasteiger partial charge in [-0.15, -0.1) is 0 Å². The van der Waals surface area contributed by atoms with Crippen molar-refractivity contribution >= 4 is 32.5 Å². The van der Waals surface area contributed by atoms with Gasteiger partial charge in [-0.25, -0.2) is 18.4 Å². The first kappa shape index (κ1) is 18.1. The highest BCUT2D eigenvalue weighted by molar-refractivity contribution is 7.90. The maximum absolute atomic E-state index is 12.2. The highest BCUT2D eigenvalue weighted by Gasteiger charge is 2.20. The van der Waals surface area contributed by atoms with Gasteiger partial charge in [0, 0.05) is 17.2 Å². The Balaban J connectivity index is 2.36. The van der Waals surface area contributed by atoms with Crippen LogP contribution in [0.15, 0.2) is 29.4 Å². The SMILES string of the molecule is CC(Nc1ncnc2ccc(S(C)(=O)=O)cc12)C(=O)NC(C)(C)C. The number of nitrogens with one attached hydrogen (secondary N) is 2. The summed E-state index contributed by atoms with van der Waals surface area (Å²) >= 11 is 0. The molecule has 0 saturated heterocycles. The van der Waals surface area contributed by atoms with E-state index in [0.29, 0.717) is 16.7 Å². The van der Waals surface area contributed by atoms with Crippen LogP contribution in [0.4, 0.5) is 5.82 Å². The third-order valence-corrected chi connectivity index (χ3v) is 4.39. The van der Waals surface area contributed by atoms with Crippen molar-refractivity contribution in [3.8, 4) is 0 Å². The first-order chi connectivity index (χ1) is 11.0. The standard InChI is InChI=1S/C16H22N4O3S/c1-10(15(21)20-16(2,3)4)19-14-12-8-11(24(5,22)23)6-7-13(12)17-9-18-14/h6-10H,1-5H3,(H,20,21)(H,17,18,19). The van der Waals surface area contributed by atoms with Crippen LogP contribution < -0.4 is 10.6 Å². The summed E-state index contributed by atoms with van der Waals surface area (Å²) in [5.74, 6) is 0.246. The first-order valence-electron chi connectivity index (χ1n) is 7.51. The largest absolute Gasteiger partial charge is 0.358 e. The minimum absolute atomic E-state index is 0.173. The lowest BCUT2D eigenvalue weighted by Crippen LogP contribution is -2.47. The van der Waals surface area contributed by atoms with E-state index in [1.54, 1.807) is 13.0 Å². The van der Waals surface area contributed by atoms with Gasteiger partial charge >= 0.3 is 0 Å². The summed E-state index contributed by atoms with van der Waals surface area (Å²) in [4.78, 5) is 20.7. The fourth-order valence-corrected chi connectivity index (χ4v) is 2.78. The molecule has 7 nitrogen and oxygen atoms in total. The van der Waals surface area contributed by atoms with Crippen LogP contribution in [0.5, 0.6) is 0 Å². The predicted molar refractivity (Wildman–Crippen MR) is 93.6 cm³/mol. The Morgan fingerprint density at radius 3 is 2.46 bits per heavy atom. The summed E-state index contributed by atoms with van der Waals surface area (Å²) in [7, 11) is -3.34. The quantitative estimate of drug-likeness (QED) is 0.871. The second-order valence-electron chi connectivity index (χ2n) is 6.78. The molecule has 0 fully saturated rings. The van der Waals surface area contributed by atoms with Crippen LogP contribution in [-0.4, -0.2) is 42.1 Å². The number of rotatable bonds is 4. The third kappa shape index (κ3) is 4.41. The number of fused-ring (bicyclic) bond motifs is 1. The van der Waals surface area contributed by atoms with E-state index in [1.165, 1.54) is 18.5 Å². The molecule has 1 atom stereocenters. The summed E-state index contributed by atoms with van der Waals surface area (Å²) in [6.45, 7) is 7.41. The van der Waals surface area contributed by atoms with Gasteiger partial charge in [0.15, 0.2) is 9.84 Å². The predicted octanol–water partition coefficient (Wildman–Crippen LogP) is 1.75. The second kappa shape index (κ2) is 6.35. The molecule has 0 saturated carbocycles. The zero-order chi connectivity index (χ0) is 18.1. The molecule has 0 radical (unpaired) electrons. The maximum atomic E-state index is 12.2. The molecule has 8 heteroatoms. The fourth-order valence-electron chi connectivity index (χ4n) is 2.13. The lowest BCUT2D eigenvalue weighted by atomic mass is 10.1. The number of hydrogen-bond donors (Lipinski definition) is 2. The Hall–Kier alpha value is -2.22. The normalized spacial score (nSPS) is 13.5. The van der Waals surface area contributed by atoms with Gasteiger partial charge in [0.2, 0.25) is 5.91 Å². The van der Waals surface area contributed by atoms with Crippen molar-refractivity contribution < 1.29 is 13.2 Å².